The van der Waals surface area contributed by atoms with Crippen molar-refractivity contribution in [2.45, 2.75) is 38.5 Å². The zero-order valence-electron chi connectivity index (χ0n) is 34.7. The number of hydrogen-bond donors (Lipinski definition) is 0. The Morgan fingerprint density at radius 3 is 1.54 bits per heavy atom. The van der Waals surface area contributed by atoms with Crippen LogP contribution < -0.4 is 0 Å². The Kier molecular flexibility index (Phi) is 7.11. The number of thiophene rings is 1. The van der Waals surface area contributed by atoms with Crippen LogP contribution in [0, 0.1) is 0 Å². The van der Waals surface area contributed by atoms with Crippen LogP contribution in [0.4, 0.5) is 0 Å². The van der Waals surface area contributed by atoms with E-state index in [4.69, 9.17) is 0 Å². The lowest BCUT2D eigenvalue weighted by Crippen LogP contribution is -2.15. The van der Waals surface area contributed by atoms with Crippen molar-refractivity contribution in [3.05, 3.63) is 204 Å². The molecular formula is C60H42S. The zero-order chi connectivity index (χ0) is 40.8. The predicted molar refractivity (Wildman–Crippen MR) is 263 cm³/mol. The van der Waals surface area contributed by atoms with Gasteiger partial charge in [-0.1, -0.05) is 185 Å². The van der Waals surface area contributed by atoms with Crippen molar-refractivity contribution >= 4 is 63.8 Å². The second-order valence-electron chi connectivity index (χ2n) is 18.4. The normalized spacial score (nSPS) is 14.5. The van der Waals surface area contributed by atoms with E-state index in [2.05, 4.69) is 210 Å². The summed E-state index contributed by atoms with van der Waals surface area (Å²) in [6.07, 6.45) is 0. The topological polar surface area (TPSA) is 0 Å². The monoisotopic (exact) mass is 794 g/mol. The average Bonchev–Trinajstić information content (AvgIpc) is 3.87. The maximum Gasteiger partial charge on any atom is 0.0440 e. The van der Waals surface area contributed by atoms with Crippen molar-refractivity contribution in [2.24, 2.45) is 0 Å². The quantitative estimate of drug-likeness (QED) is 0.156. The molecule has 0 fully saturated rings. The fourth-order valence-electron chi connectivity index (χ4n) is 11.4. The van der Waals surface area contributed by atoms with Gasteiger partial charge >= 0.3 is 0 Å². The van der Waals surface area contributed by atoms with E-state index in [9.17, 15) is 0 Å². The van der Waals surface area contributed by atoms with Crippen molar-refractivity contribution in [1.29, 1.82) is 0 Å². The largest absolute Gasteiger partial charge is 0.135 e. The van der Waals surface area contributed by atoms with Gasteiger partial charge in [-0.15, -0.1) is 11.3 Å². The highest BCUT2D eigenvalue weighted by molar-refractivity contribution is 7.26. The molecule has 288 valence electrons. The second kappa shape index (κ2) is 12.4. The van der Waals surface area contributed by atoms with Gasteiger partial charge in [-0.25, -0.2) is 0 Å². The number of benzene rings is 10. The number of fused-ring (bicyclic) bond motifs is 14. The third-order valence-corrected chi connectivity index (χ3v) is 15.7. The van der Waals surface area contributed by atoms with Gasteiger partial charge in [0.2, 0.25) is 0 Å². The van der Waals surface area contributed by atoms with Crippen LogP contribution in [0.15, 0.2) is 182 Å². The van der Waals surface area contributed by atoms with Crippen molar-refractivity contribution in [3.63, 3.8) is 0 Å². The van der Waals surface area contributed by atoms with Gasteiger partial charge in [0.15, 0.2) is 0 Å². The van der Waals surface area contributed by atoms with Crippen LogP contribution >= 0.6 is 11.3 Å². The highest BCUT2D eigenvalue weighted by Gasteiger charge is 2.39. The molecular weight excluding hydrogens is 753 g/mol. The molecule has 0 saturated carbocycles. The molecule has 2 aliphatic rings. The summed E-state index contributed by atoms with van der Waals surface area (Å²) in [5.74, 6) is 0. The summed E-state index contributed by atoms with van der Waals surface area (Å²) in [6.45, 7) is 9.64. The third kappa shape index (κ3) is 4.76. The van der Waals surface area contributed by atoms with Gasteiger partial charge in [-0.3, -0.25) is 0 Å². The first-order chi connectivity index (χ1) is 29.8. The van der Waals surface area contributed by atoms with Gasteiger partial charge in [-0.2, -0.15) is 0 Å². The van der Waals surface area contributed by atoms with Crippen molar-refractivity contribution in [2.75, 3.05) is 0 Å². The van der Waals surface area contributed by atoms with Gasteiger partial charge in [0.05, 0.1) is 0 Å². The molecule has 1 aromatic heterocycles. The fourth-order valence-corrected chi connectivity index (χ4v) is 12.7. The van der Waals surface area contributed by atoms with E-state index >= 15 is 0 Å². The fraction of sp³-hybridized carbons (Fsp3) is 0.100. The summed E-state index contributed by atoms with van der Waals surface area (Å²) in [5.41, 5.74) is 18.5. The average molecular weight is 795 g/mol. The van der Waals surface area contributed by atoms with Crippen molar-refractivity contribution in [1.82, 2.24) is 0 Å². The molecule has 0 aliphatic heterocycles. The van der Waals surface area contributed by atoms with E-state index < -0.39 is 0 Å². The Hall–Kier alpha value is -6.80. The van der Waals surface area contributed by atoms with E-state index in [-0.39, 0.29) is 10.8 Å². The van der Waals surface area contributed by atoms with Gasteiger partial charge in [-0.05, 0) is 129 Å². The van der Waals surface area contributed by atoms with E-state index in [0.717, 1.165) is 0 Å². The van der Waals surface area contributed by atoms with Crippen LogP contribution in [0.3, 0.4) is 0 Å². The predicted octanol–water partition coefficient (Wildman–Crippen LogP) is 17.1. The molecule has 1 heteroatoms. The molecule has 0 radical (unpaired) electrons. The first-order valence-corrected chi connectivity index (χ1v) is 22.4. The lowest BCUT2D eigenvalue weighted by atomic mass is 9.80. The molecule has 2 aliphatic carbocycles. The molecule has 13 rings (SSSR count). The van der Waals surface area contributed by atoms with Crippen LogP contribution in [0.2, 0.25) is 0 Å². The van der Waals surface area contributed by atoms with Crippen LogP contribution in [-0.4, -0.2) is 0 Å². The molecule has 0 atom stereocenters. The molecule has 0 unspecified atom stereocenters. The molecule has 0 N–H and O–H groups in total. The smallest absolute Gasteiger partial charge is 0.0440 e. The minimum Gasteiger partial charge on any atom is -0.135 e. The Morgan fingerprint density at radius 1 is 0.328 bits per heavy atom. The minimum absolute atomic E-state index is 0.121. The third-order valence-electron chi connectivity index (χ3n) is 14.5. The van der Waals surface area contributed by atoms with E-state index in [0.29, 0.717) is 0 Å². The summed E-state index contributed by atoms with van der Waals surface area (Å²) >= 11 is 1.94. The first kappa shape index (κ1) is 35.0. The Labute approximate surface area is 360 Å². The van der Waals surface area contributed by atoms with Crippen molar-refractivity contribution in [3.8, 4) is 55.6 Å². The van der Waals surface area contributed by atoms with Gasteiger partial charge < -0.3 is 0 Å². The molecule has 10 aromatic carbocycles. The molecule has 1 heterocycles. The SMILES string of the molecule is CC1(C)c2ccc(-c3c4ccccc4c(-c4ccccc4)c4ccccc34)cc2-c2ccc(-c3ccc4c(c3)C(C)(C)c3ccc5ccc6c7ccccc7sc6c5c3-4)cc21. The van der Waals surface area contributed by atoms with Gasteiger partial charge in [0, 0.05) is 36.4 Å². The lowest BCUT2D eigenvalue weighted by Gasteiger charge is -2.23. The zero-order valence-corrected chi connectivity index (χ0v) is 35.5. The summed E-state index contributed by atoms with van der Waals surface area (Å²) < 4.78 is 2.75. The van der Waals surface area contributed by atoms with Crippen molar-refractivity contribution < 1.29 is 0 Å². The molecule has 11 aromatic rings. The van der Waals surface area contributed by atoms with E-state index in [1.54, 1.807) is 0 Å². The molecule has 61 heavy (non-hydrogen) atoms. The first-order valence-electron chi connectivity index (χ1n) is 21.6. The van der Waals surface area contributed by atoms with Crippen LogP contribution in [0.1, 0.15) is 49.9 Å². The van der Waals surface area contributed by atoms with Crippen LogP contribution in [0.25, 0.3) is 108 Å². The van der Waals surface area contributed by atoms with Crippen LogP contribution in [0.5, 0.6) is 0 Å². The van der Waals surface area contributed by atoms with Crippen LogP contribution in [-0.2, 0) is 10.8 Å². The summed E-state index contributed by atoms with van der Waals surface area (Å²) in [5, 5.41) is 10.6. The summed E-state index contributed by atoms with van der Waals surface area (Å²) in [6, 6.07) is 68.9. The van der Waals surface area contributed by atoms with Gasteiger partial charge in [0.25, 0.3) is 0 Å². The number of hydrogen-bond acceptors (Lipinski definition) is 1. The molecule has 0 bridgehead atoms. The van der Waals surface area contributed by atoms with E-state index in [1.807, 2.05) is 11.3 Å². The lowest BCUT2D eigenvalue weighted by molar-refractivity contribution is 0.660. The maximum absolute atomic E-state index is 2.50. The summed E-state index contributed by atoms with van der Waals surface area (Å²) in [4.78, 5) is 0. The highest BCUT2D eigenvalue weighted by atomic mass is 32.1. The molecule has 0 saturated heterocycles. The maximum atomic E-state index is 2.50. The minimum atomic E-state index is -0.138. The standard InChI is InChI=1S/C60H42S/c1-59(2)49-30-26-39(55-44-19-10-8-17-42(44)54(35-14-6-5-7-15-35)43-18-9-11-20-45(43)55)32-48(49)40-27-23-37(33-51(40)59)38-24-29-47-52(34-38)60(3,4)50-31-25-36-22-28-46-41-16-12-13-21-53(41)61-58(46)56(36)57(47)50/h5-34H,1-4H3. The molecule has 0 nitrogen and oxygen atoms in total. The van der Waals surface area contributed by atoms with E-state index in [1.165, 1.54) is 130 Å². The Morgan fingerprint density at radius 2 is 0.852 bits per heavy atom. The Balaban J connectivity index is 0.944. The highest BCUT2D eigenvalue weighted by Crippen LogP contribution is 2.56. The Bertz CT molecular complexity index is 3630. The second-order valence-corrected chi connectivity index (χ2v) is 19.4. The molecule has 0 amide bonds. The molecule has 0 spiro atoms. The summed E-state index contributed by atoms with van der Waals surface area (Å²) in [7, 11) is 0. The number of rotatable bonds is 3. The van der Waals surface area contributed by atoms with Gasteiger partial charge in [0.1, 0.15) is 0 Å².